The van der Waals surface area contributed by atoms with Crippen molar-refractivity contribution in [3.05, 3.63) is 63.2 Å². The van der Waals surface area contributed by atoms with E-state index in [0.29, 0.717) is 0 Å². The summed E-state index contributed by atoms with van der Waals surface area (Å²) in [5.74, 6) is -1.65. The van der Waals surface area contributed by atoms with Gasteiger partial charge in [0.15, 0.2) is 6.61 Å². The lowest BCUT2D eigenvalue weighted by Gasteiger charge is -2.12. The van der Waals surface area contributed by atoms with Crippen LogP contribution >= 0.6 is 11.6 Å². The highest BCUT2D eigenvalue weighted by Crippen LogP contribution is 2.27. The van der Waals surface area contributed by atoms with Gasteiger partial charge in [0.05, 0.1) is 15.4 Å². The van der Waals surface area contributed by atoms with Crippen molar-refractivity contribution in [2.45, 2.75) is 4.90 Å². The maximum Gasteiger partial charge on any atom is 0.338 e. The maximum atomic E-state index is 12.1. The lowest BCUT2D eigenvalue weighted by molar-refractivity contribution is -0.384. The first kappa shape index (κ1) is 22.3. The zero-order valence-corrected chi connectivity index (χ0v) is 16.9. The molecule has 0 aliphatic carbocycles. The van der Waals surface area contributed by atoms with Crippen molar-refractivity contribution >= 4 is 44.9 Å². The maximum absolute atomic E-state index is 12.1. The summed E-state index contributed by atoms with van der Waals surface area (Å²) in [7, 11) is -1.03. The Morgan fingerprint density at radius 3 is 2.52 bits per heavy atom. The number of nitro benzene ring substituents is 1. The molecule has 0 spiro atoms. The number of anilines is 1. The Balaban J connectivity index is 2.03. The number of hydrogen-bond acceptors (Lipinski definition) is 7. The quantitative estimate of drug-likeness (QED) is 0.395. The van der Waals surface area contributed by atoms with Gasteiger partial charge in [-0.25, -0.2) is 17.5 Å². The Hall–Kier alpha value is -3.02. The molecule has 12 heteroatoms. The minimum atomic E-state index is -3.74. The zero-order valence-electron chi connectivity index (χ0n) is 15.3. The van der Waals surface area contributed by atoms with Gasteiger partial charge >= 0.3 is 5.97 Å². The molecule has 2 rings (SSSR count). The first-order valence-corrected chi connectivity index (χ1v) is 9.77. The van der Waals surface area contributed by atoms with E-state index in [4.69, 9.17) is 16.3 Å². The van der Waals surface area contributed by atoms with Crippen LogP contribution in [0.5, 0.6) is 0 Å². The van der Waals surface area contributed by atoms with E-state index < -0.39 is 33.4 Å². The van der Waals surface area contributed by atoms with Gasteiger partial charge in [-0.3, -0.25) is 14.9 Å². The van der Waals surface area contributed by atoms with Crippen LogP contribution in [-0.2, 0) is 19.6 Å². The van der Waals surface area contributed by atoms with Crippen LogP contribution in [0.1, 0.15) is 10.4 Å². The average molecular weight is 442 g/mol. The largest absolute Gasteiger partial charge is 0.452 e. The Kier molecular flexibility index (Phi) is 6.90. The molecule has 0 atom stereocenters. The van der Waals surface area contributed by atoms with Crippen molar-refractivity contribution in [1.29, 1.82) is 0 Å². The van der Waals surface area contributed by atoms with Crippen LogP contribution in [0.4, 0.5) is 11.4 Å². The number of rotatable bonds is 7. The Morgan fingerprint density at radius 1 is 1.21 bits per heavy atom. The number of nitrogens with zero attached hydrogens (tertiary/aromatic N) is 2. The number of esters is 1. The molecule has 0 aliphatic heterocycles. The number of nitrogens with one attached hydrogen (secondary N) is 1. The van der Waals surface area contributed by atoms with E-state index in [1.165, 1.54) is 44.4 Å². The van der Waals surface area contributed by atoms with E-state index in [1.807, 2.05) is 0 Å². The van der Waals surface area contributed by atoms with Crippen molar-refractivity contribution in [2.75, 3.05) is 26.0 Å². The fourth-order valence-electron chi connectivity index (χ4n) is 2.14. The van der Waals surface area contributed by atoms with Gasteiger partial charge in [0.25, 0.3) is 11.6 Å². The van der Waals surface area contributed by atoms with Gasteiger partial charge in [-0.15, -0.1) is 0 Å². The summed E-state index contributed by atoms with van der Waals surface area (Å²) in [6.07, 6.45) is 0. The van der Waals surface area contributed by atoms with Crippen LogP contribution < -0.4 is 5.32 Å². The third-order valence-corrected chi connectivity index (χ3v) is 5.74. The fraction of sp³-hybridized carbons (Fsp3) is 0.176. The Labute approximate surface area is 171 Å². The van der Waals surface area contributed by atoms with Crippen LogP contribution in [0.15, 0.2) is 47.4 Å². The second-order valence-corrected chi connectivity index (χ2v) is 8.42. The zero-order chi connectivity index (χ0) is 21.8. The van der Waals surface area contributed by atoms with Gasteiger partial charge < -0.3 is 10.1 Å². The van der Waals surface area contributed by atoms with Crippen molar-refractivity contribution in [1.82, 2.24) is 4.31 Å². The highest BCUT2D eigenvalue weighted by Gasteiger charge is 2.20. The highest BCUT2D eigenvalue weighted by molar-refractivity contribution is 7.89. The molecular weight excluding hydrogens is 426 g/mol. The summed E-state index contributed by atoms with van der Waals surface area (Å²) < 4.78 is 30.1. The molecule has 154 valence electrons. The van der Waals surface area contributed by atoms with Crippen LogP contribution in [0, 0.1) is 10.1 Å². The minimum Gasteiger partial charge on any atom is -0.452 e. The van der Waals surface area contributed by atoms with Gasteiger partial charge in [0.1, 0.15) is 5.02 Å². The molecule has 0 radical (unpaired) electrons. The van der Waals surface area contributed by atoms with E-state index in [9.17, 15) is 28.1 Å². The first-order valence-electron chi connectivity index (χ1n) is 7.96. The normalized spacial score (nSPS) is 11.2. The molecule has 1 amide bonds. The molecule has 10 nitrogen and oxygen atoms in total. The number of nitro groups is 1. The average Bonchev–Trinajstić information content (AvgIpc) is 2.67. The van der Waals surface area contributed by atoms with E-state index in [1.54, 1.807) is 0 Å². The van der Waals surface area contributed by atoms with Crippen molar-refractivity contribution < 1.29 is 27.7 Å². The summed E-state index contributed by atoms with van der Waals surface area (Å²) in [4.78, 5) is 34.1. The van der Waals surface area contributed by atoms with Gasteiger partial charge in [-0.1, -0.05) is 17.7 Å². The van der Waals surface area contributed by atoms with Gasteiger partial charge in [0.2, 0.25) is 10.0 Å². The number of hydrogen-bond donors (Lipinski definition) is 1. The second kappa shape index (κ2) is 8.99. The third kappa shape index (κ3) is 5.50. The van der Waals surface area contributed by atoms with Crippen molar-refractivity contribution in [3.8, 4) is 0 Å². The molecule has 29 heavy (non-hydrogen) atoms. The van der Waals surface area contributed by atoms with Gasteiger partial charge in [-0.2, -0.15) is 0 Å². The molecule has 2 aromatic rings. The van der Waals surface area contributed by atoms with Gasteiger partial charge in [-0.05, 0) is 30.3 Å². The smallest absolute Gasteiger partial charge is 0.338 e. The molecule has 0 saturated carbocycles. The Morgan fingerprint density at radius 2 is 1.90 bits per heavy atom. The third-order valence-electron chi connectivity index (χ3n) is 3.61. The summed E-state index contributed by atoms with van der Waals surface area (Å²) >= 11 is 5.69. The molecule has 0 heterocycles. The van der Waals surface area contributed by atoms with Crippen molar-refractivity contribution in [3.63, 3.8) is 0 Å². The first-order chi connectivity index (χ1) is 13.5. The molecule has 0 aromatic heterocycles. The Bertz CT molecular complexity index is 1070. The lowest BCUT2D eigenvalue weighted by Crippen LogP contribution is -2.23. The fourth-order valence-corrected chi connectivity index (χ4v) is 3.27. The van der Waals surface area contributed by atoms with Crippen molar-refractivity contribution in [2.24, 2.45) is 0 Å². The number of carbonyl (C=O) groups is 2. The topological polar surface area (TPSA) is 136 Å². The predicted octanol–water partition coefficient (Wildman–Crippen LogP) is 2.29. The number of amides is 1. The monoisotopic (exact) mass is 441 g/mol. The SMILES string of the molecule is CN(C)S(=O)(=O)c1cccc(C(=O)OCC(=O)Nc2ccc(Cl)c([N+](=O)[O-])c2)c1. The lowest BCUT2D eigenvalue weighted by atomic mass is 10.2. The number of halogens is 1. The van der Waals surface area contributed by atoms with E-state index in [2.05, 4.69) is 5.32 Å². The molecule has 0 fully saturated rings. The highest BCUT2D eigenvalue weighted by atomic mass is 35.5. The molecule has 0 bridgehead atoms. The molecule has 2 aromatic carbocycles. The van der Waals surface area contributed by atoms with E-state index >= 15 is 0 Å². The molecule has 0 aliphatic rings. The predicted molar refractivity (Wildman–Crippen MR) is 104 cm³/mol. The number of benzene rings is 2. The second-order valence-electron chi connectivity index (χ2n) is 5.86. The minimum absolute atomic E-state index is 0.0529. The summed E-state index contributed by atoms with van der Waals surface area (Å²) in [5.41, 5.74) is -0.343. The van der Waals surface area contributed by atoms with Crippen LogP contribution in [0.3, 0.4) is 0 Å². The number of ether oxygens (including phenoxy) is 1. The van der Waals surface area contributed by atoms with Crippen LogP contribution in [0.2, 0.25) is 5.02 Å². The number of carbonyl (C=O) groups excluding carboxylic acids is 2. The molecule has 0 saturated heterocycles. The standard InChI is InChI=1S/C17H16ClN3O7S/c1-20(2)29(26,27)13-5-3-4-11(8-13)17(23)28-10-16(22)19-12-6-7-14(18)15(9-12)21(24)25/h3-9H,10H2,1-2H3,(H,19,22). The summed E-state index contributed by atoms with van der Waals surface area (Å²) in [6, 6.07) is 8.85. The summed E-state index contributed by atoms with van der Waals surface area (Å²) in [5, 5.41) is 13.1. The number of sulfonamides is 1. The van der Waals surface area contributed by atoms with E-state index in [0.717, 1.165) is 16.4 Å². The van der Waals surface area contributed by atoms with E-state index in [-0.39, 0.29) is 26.9 Å². The molecule has 1 N–H and O–H groups in total. The van der Waals surface area contributed by atoms with Gasteiger partial charge in [0, 0.05) is 25.8 Å². The molecule has 0 unspecified atom stereocenters. The van der Waals surface area contributed by atoms with Crippen LogP contribution in [0.25, 0.3) is 0 Å². The summed E-state index contributed by atoms with van der Waals surface area (Å²) in [6.45, 7) is -0.681. The molecular formula is C17H16ClN3O7S. The van der Waals surface area contributed by atoms with Crippen LogP contribution in [-0.4, -0.2) is 50.2 Å².